The average Bonchev–Trinajstić information content (AvgIpc) is 2.96. The molecule has 0 aliphatic carbocycles. The Balaban J connectivity index is 2.26. The highest BCUT2D eigenvalue weighted by molar-refractivity contribution is 7.09. The number of thiazole rings is 1. The Hall–Kier alpha value is -2.45. The number of primary amides is 1. The normalized spacial score (nSPS) is 10.2. The molecule has 2 rings (SSSR count). The average molecular weight is 306 g/mol. The fraction of sp³-hybridized carbons (Fsp3) is 0.154. The molecular weight excluding hydrogens is 292 g/mol. The monoisotopic (exact) mass is 306 g/mol. The molecule has 0 unspecified atom stereocenters. The lowest BCUT2D eigenvalue weighted by atomic mass is 10.1. The smallest absolute Gasteiger partial charge is 0.275 e. The van der Waals surface area contributed by atoms with E-state index in [0.29, 0.717) is 16.4 Å². The molecule has 7 nitrogen and oxygen atoms in total. The van der Waals surface area contributed by atoms with Gasteiger partial charge >= 0.3 is 0 Å². The van der Waals surface area contributed by atoms with E-state index >= 15 is 0 Å². The van der Waals surface area contributed by atoms with Gasteiger partial charge in [0.1, 0.15) is 16.5 Å². The second-order valence-electron chi connectivity index (χ2n) is 4.06. The van der Waals surface area contributed by atoms with Crippen molar-refractivity contribution in [3.8, 4) is 5.75 Å². The van der Waals surface area contributed by atoms with Crippen molar-refractivity contribution in [3.63, 3.8) is 0 Å². The Morgan fingerprint density at radius 2 is 2.19 bits per heavy atom. The summed E-state index contributed by atoms with van der Waals surface area (Å²) < 4.78 is 5.14. The van der Waals surface area contributed by atoms with Crippen molar-refractivity contribution in [2.24, 2.45) is 11.5 Å². The number of anilines is 1. The molecule has 5 N–H and O–H groups in total. The number of aromatic nitrogens is 1. The zero-order valence-corrected chi connectivity index (χ0v) is 12.1. The third kappa shape index (κ3) is 3.36. The van der Waals surface area contributed by atoms with Crippen molar-refractivity contribution in [1.82, 2.24) is 4.98 Å². The quantitative estimate of drug-likeness (QED) is 0.760. The summed E-state index contributed by atoms with van der Waals surface area (Å²) in [5.41, 5.74) is 11.6. The Morgan fingerprint density at radius 3 is 2.76 bits per heavy atom. The van der Waals surface area contributed by atoms with Crippen LogP contribution in [-0.2, 0) is 6.54 Å². The molecule has 2 amide bonds. The summed E-state index contributed by atoms with van der Waals surface area (Å²) in [5, 5.41) is 4.92. The molecule has 0 radical (unpaired) electrons. The van der Waals surface area contributed by atoms with E-state index in [0.717, 1.165) is 0 Å². The summed E-state index contributed by atoms with van der Waals surface area (Å²) in [7, 11) is 1.46. The van der Waals surface area contributed by atoms with Gasteiger partial charge in [-0.15, -0.1) is 11.3 Å². The van der Waals surface area contributed by atoms with E-state index in [4.69, 9.17) is 16.2 Å². The van der Waals surface area contributed by atoms with Gasteiger partial charge in [0.2, 0.25) is 5.91 Å². The first-order valence-corrected chi connectivity index (χ1v) is 6.86. The number of carbonyl (C=O) groups is 2. The zero-order valence-electron chi connectivity index (χ0n) is 11.3. The lowest BCUT2D eigenvalue weighted by Gasteiger charge is -2.10. The second kappa shape index (κ2) is 6.33. The molecule has 110 valence electrons. The SMILES string of the molecule is COc1ccc(C(N)=O)cc1NC(=O)c1csc(CN)n1. The van der Waals surface area contributed by atoms with Crippen molar-refractivity contribution in [2.75, 3.05) is 12.4 Å². The fourth-order valence-electron chi connectivity index (χ4n) is 1.65. The van der Waals surface area contributed by atoms with Gasteiger partial charge in [0.25, 0.3) is 5.91 Å². The van der Waals surface area contributed by atoms with Crippen molar-refractivity contribution in [1.29, 1.82) is 0 Å². The van der Waals surface area contributed by atoms with Crippen LogP contribution in [0.3, 0.4) is 0 Å². The van der Waals surface area contributed by atoms with Crippen LogP contribution in [0.15, 0.2) is 23.6 Å². The number of amides is 2. The summed E-state index contributed by atoms with van der Waals surface area (Å²) in [6.45, 7) is 0.276. The van der Waals surface area contributed by atoms with E-state index in [-0.39, 0.29) is 17.8 Å². The van der Waals surface area contributed by atoms with Crippen LogP contribution in [0.2, 0.25) is 0 Å². The lowest BCUT2D eigenvalue weighted by molar-refractivity contribution is 0.0995. The summed E-state index contributed by atoms with van der Waals surface area (Å²) in [6.07, 6.45) is 0. The van der Waals surface area contributed by atoms with Crippen LogP contribution in [0.5, 0.6) is 5.75 Å². The number of rotatable bonds is 5. The molecule has 1 aromatic carbocycles. The number of hydrogen-bond donors (Lipinski definition) is 3. The summed E-state index contributed by atoms with van der Waals surface area (Å²) in [5.74, 6) is -0.583. The summed E-state index contributed by atoms with van der Waals surface area (Å²) in [6, 6.07) is 4.53. The van der Waals surface area contributed by atoms with Crippen LogP contribution < -0.4 is 21.5 Å². The maximum absolute atomic E-state index is 12.1. The third-order valence-corrected chi connectivity index (χ3v) is 3.56. The van der Waals surface area contributed by atoms with Gasteiger partial charge in [-0.25, -0.2) is 4.98 Å². The van der Waals surface area contributed by atoms with Crippen molar-refractivity contribution < 1.29 is 14.3 Å². The molecule has 0 saturated heterocycles. The summed E-state index contributed by atoms with van der Waals surface area (Å²) >= 11 is 1.30. The van der Waals surface area contributed by atoms with Crippen LogP contribution in [-0.4, -0.2) is 23.9 Å². The second-order valence-corrected chi connectivity index (χ2v) is 5.01. The molecule has 0 atom stereocenters. The number of hydrogen-bond acceptors (Lipinski definition) is 6. The minimum Gasteiger partial charge on any atom is -0.495 e. The fourth-order valence-corrected chi connectivity index (χ4v) is 2.31. The first-order chi connectivity index (χ1) is 10.0. The van der Waals surface area contributed by atoms with Gasteiger partial charge in [0, 0.05) is 17.5 Å². The number of nitrogens with one attached hydrogen (secondary N) is 1. The maximum Gasteiger partial charge on any atom is 0.275 e. The van der Waals surface area contributed by atoms with Crippen LogP contribution >= 0.6 is 11.3 Å². The predicted molar refractivity (Wildman–Crippen MR) is 79.5 cm³/mol. The van der Waals surface area contributed by atoms with Gasteiger partial charge in [0.05, 0.1) is 12.8 Å². The first-order valence-electron chi connectivity index (χ1n) is 5.98. The zero-order chi connectivity index (χ0) is 15.4. The number of nitrogens with zero attached hydrogens (tertiary/aromatic N) is 1. The summed E-state index contributed by atoms with van der Waals surface area (Å²) in [4.78, 5) is 27.4. The molecule has 0 aliphatic heterocycles. The van der Waals surface area contributed by atoms with Gasteiger partial charge in [-0.3, -0.25) is 9.59 Å². The van der Waals surface area contributed by atoms with Gasteiger partial charge in [-0.2, -0.15) is 0 Å². The molecule has 8 heteroatoms. The third-order valence-electron chi connectivity index (χ3n) is 2.69. The molecule has 1 heterocycles. The number of ether oxygens (including phenoxy) is 1. The van der Waals surface area contributed by atoms with Crippen LogP contribution in [0, 0.1) is 0 Å². The molecule has 0 aliphatic rings. The number of benzene rings is 1. The maximum atomic E-state index is 12.1. The minimum absolute atomic E-state index is 0.256. The highest BCUT2D eigenvalue weighted by Gasteiger charge is 2.14. The Morgan fingerprint density at radius 1 is 1.43 bits per heavy atom. The molecular formula is C13H14N4O3S. The lowest BCUT2D eigenvalue weighted by Crippen LogP contribution is -2.15. The van der Waals surface area contributed by atoms with E-state index in [1.807, 2.05) is 0 Å². The molecule has 21 heavy (non-hydrogen) atoms. The van der Waals surface area contributed by atoms with E-state index in [9.17, 15) is 9.59 Å². The van der Waals surface area contributed by atoms with Gasteiger partial charge in [-0.05, 0) is 18.2 Å². The van der Waals surface area contributed by atoms with Gasteiger partial charge in [-0.1, -0.05) is 0 Å². The highest BCUT2D eigenvalue weighted by Crippen LogP contribution is 2.26. The van der Waals surface area contributed by atoms with E-state index in [1.54, 1.807) is 11.4 Å². The largest absolute Gasteiger partial charge is 0.495 e. The number of nitrogens with two attached hydrogens (primary N) is 2. The van der Waals surface area contributed by atoms with Gasteiger partial charge < -0.3 is 21.5 Å². The van der Waals surface area contributed by atoms with Crippen molar-refractivity contribution in [3.05, 3.63) is 39.8 Å². The first kappa shape index (κ1) is 14.9. The Labute approximate surface area is 124 Å². The topological polar surface area (TPSA) is 120 Å². The van der Waals surface area contributed by atoms with Crippen molar-refractivity contribution >= 4 is 28.8 Å². The molecule has 0 fully saturated rings. The molecule has 0 bridgehead atoms. The standard InChI is InChI=1S/C13H14N4O3S/c1-20-10-3-2-7(12(15)18)4-8(10)17-13(19)9-6-21-11(5-14)16-9/h2-4,6H,5,14H2,1H3,(H2,15,18)(H,17,19). The van der Waals surface area contributed by atoms with Crippen molar-refractivity contribution in [2.45, 2.75) is 6.54 Å². The highest BCUT2D eigenvalue weighted by atomic mass is 32.1. The van der Waals surface area contributed by atoms with Crippen LogP contribution in [0.1, 0.15) is 25.9 Å². The van der Waals surface area contributed by atoms with E-state index in [1.165, 1.54) is 30.6 Å². The van der Waals surface area contributed by atoms with E-state index < -0.39 is 11.8 Å². The number of carbonyl (C=O) groups excluding carboxylic acids is 2. The molecule has 0 saturated carbocycles. The molecule has 0 spiro atoms. The Bertz CT molecular complexity index is 684. The van der Waals surface area contributed by atoms with Gasteiger partial charge in [0.15, 0.2) is 0 Å². The number of methoxy groups -OCH3 is 1. The van der Waals surface area contributed by atoms with E-state index in [2.05, 4.69) is 10.3 Å². The van der Waals surface area contributed by atoms with Crippen LogP contribution in [0.4, 0.5) is 5.69 Å². The Kier molecular flexibility index (Phi) is 4.51. The van der Waals surface area contributed by atoms with Crippen LogP contribution in [0.25, 0.3) is 0 Å². The molecule has 1 aromatic heterocycles. The predicted octanol–water partition coefficient (Wildman–Crippen LogP) is 0.962. The minimum atomic E-state index is -0.591. The molecule has 2 aromatic rings.